The fraction of sp³-hybridized carbons (Fsp3) is 0.500. The van der Waals surface area contributed by atoms with Crippen LogP contribution < -0.4 is 5.32 Å². The fourth-order valence-electron chi connectivity index (χ4n) is 2.05. The SMILES string of the molecule is C[C@@H]1CO[C@H](c2cccc(F)c2)[C@H](C)N1. The Bertz CT molecular complexity index is 342. The van der Waals surface area contributed by atoms with E-state index < -0.39 is 0 Å². The van der Waals surface area contributed by atoms with E-state index in [2.05, 4.69) is 19.2 Å². The molecule has 0 bridgehead atoms. The zero-order valence-corrected chi connectivity index (χ0v) is 9.03. The van der Waals surface area contributed by atoms with Crippen LogP contribution in [0, 0.1) is 5.82 Å². The van der Waals surface area contributed by atoms with Gasteiger partial charge in [0.1, 0.15) is 5.82 Å². The molecule has 0 amide bonds. The van der Waals surface area contributed by atoms with Crippen LogP contribution in [0.15, 0.2) is 24.3 Å². The molecule has 3 heteroatoms. The molecule has 0 spiro atoms. The summed E-state index contributed by atoms with van der Waals surface area (Å²) >= 11 is 0. The summed E-state index contributed by atoms with van der Waals surface area (Å²) < 4.78 is 18.8. The highest BCUT2D eigenvalue weighted by Crippen LogP contribution is 2.25. The number of nitrogens with one attached hydrogen (secondary N) is 1. The second kappa shape index (κ2) is 4.29. The van der Waals surface area contributed by atoms with Crippen LogP contribution in [0.25, 0.3) is 0 Å². The summed E-state index contributed by atoms with van der Waals surface area (Å²) in [5.41, 5.74) is 0.905. The fourth-order valence-corrected chi connectivity index (χ4v) is 2.05. The lowest BCUT2D eigenvalue weighted by atomic mass is 10.0. The molecule has 1 N–H and O–H groups in total. The maximum Gasteiger partial charge on any atom is 0.123 e. The van der Waals surface area contributed by atoms with Crippen molar-refractivity contribution in [2.75, 3.05) is 6.61 Å². The van der Waals surface area contributed by atoms with Gasteiger partial charge in [0.2, 0.25) is 0 Å². The van der Waals surface area contributed by atoms with Crippen molar-refractivity contribution >= 4 is 0 Å². The highest BCUT2D eigenvalue weighted by atomic mass is 19.1. The molecular formula is C12H16FNO. The van der Waals surface area contributed by atoms with Gasteiger partial charge in [0, 0.05) is 12.1 Å². The molecule has 1 aliphatic rings. The molecule has 2 nitrogen and oxygen atoms in total. The van der Waals surface area contributed by atoms with E-state index in [1.165, 1.54) is 6.07 Å². The van der Waals surface area contributed by atoms with Gasteiger partial charge in [-0.25, -0.2) is 4.39 Å². The average molecular weight is 209 g/mol. The number of benzene rings is 1. The number of morpholine rings is 1. The number of rotatable bonds is 1. The van der Waals surface area contributed by atoms with Crippen molar-refractivity contribution in [2.24, 2.45) is 0 Å². The van der Waals surface area contributed by atoms with E-state index in [1.54, 1.807) is 12.1 Å². The average Bonchev–Trinajstić information content (AvgIpc) is 2.17. The molecular weight excluding hydrogens is 193 g/mol. The summed E-state index contributed by atoms with van der Waals surface area (Å²) in [6.45, 7) is 4.81. The molecule has 1 fully saturated rings. The van der Waals surface area contributed by atoms with Crippen molar-refractivity contribution in [3.05, 3.63) is 35.6 Å². The first kappa shape index (κ1) is 10.6. The molecule has 1 aliphatic heterocycles. The lowest BCUT2D eigenvalue weighted by Crippen LogP contribution is -2.47. The van der Waals surface area contributed by atoms with E-state index in [-0.39, 0.29) is 18.0 Å². The van der Waals surface area contributed by atoms with Gasteiger partial charge in [0.15, 0.2) is 0 Å². The van der Waals surface area contributed by atoms with Crippen molar-refractivity contribution in [3.63, 3.8) is 0 Å². The summed E-state index contributed by atoms with van der Waals surface area (Å²) in [4.78, 5) is 0. The number of hydrogen-bond acceptors (Lipinski definition) is 2. The minimum absolute atomic E-state index is 0.0445. The molecule has 1 aromatic rings. The Balaban J connectivity index is 2.17. The lowest BCUT2D eigenvalue weighted by Gasteiger charge is -2.34. The van der Waals surface area contributed by atoms with Crippen molar-refractivity contribution in [3.8, 4) is 0 Å². The molecule has 3 atom stereocenters. The third-order valence-corrected chi connectivity index (χ3v) is 2.70. The molecule has 15 heavy (non-hydrogen) atoms. The quantitative estimate of drug-likeness (QED) is 0.766. The predicted octanol–water partition coefficient (Wildman–Crippen LogP) is 2.26. The van der Waals surface area contributed by atoms with Gasteiger partial charge in [-0.15, -0.1) is 0 Å². The van der Waals surface area contributed by atoms with Crippen molar-refractivity contribution in [1.29, 1.82) is 0 Å². The first-order chi connectivity index (χ1) is 7.16. The minimum atomic E-state index is -0.207. The van der Waals surface area contributed by atoms with Gasteiger partial charge in [0.25, 0.3) is 0 Å². The molecule has 0 aliphatic carbocycles. The number of halogens is 1. The molecule has 1 aromatic carbocycles. The van der Waals surface area contributed by atoms with Crippen LogP contribution in [0.3, 0.4) is 0 Å². The smallest absolute Gasteiger partial charge is 0.123 e. The molecule has 1 saturated heterocycles. The predicted molar refractivity (Wildman–Crippen MR) is 57.2 cm³/mol. The number of hydrogen-bond donors (Lipinski definition) is 1. The zero-order chi connectivity index (χ0) is 10.8. The van der Waals surface area contributed by atoms with Crippen LogP contribution in [0.5, 0.6) is 0 Å². The summed E-state index contributed by atoms with van der Waals surface area (Å²) in [6, 6.07) is 7.20. The topological polar surface area (TPSA) is 21.3 Å². The van der Waals surface area contributed by atoms with Crippen LogP contribution in [0.1, 0.15) is 25.5 Å². The third kappa shape index (κ3) is 2.36. The van der Waals surface area contributed by atoms with E-state index in [1.807, 2.05) is 6.07 Å². The monoisotopic (exact) mass is 209 g/mol. The maximum absolute atomic E-state index is 13.0. The van der Waals surface area contributed by atoms with Gasteiger partial charge >= 0.3 is 0 Å². The van der Waals surface area contributed by atoms with Crippen molar-refractivity contribution in [1.82, 2.24) is 5.32 Å². The normalized spacial score (nSPS) is 31.5. The van der Waals surface area contributed by atoms with Crippen molar-refractivity contribution in [2.45, 2.75) is 32.0 Å². The maximum atomic E-state index is 13.0. The Morgan fingerprint density at radius 3 is 2.87 bits per heavy atom. The highest BCUT2D eigenvalue weighted by molar-refractivity contribution is 5.20. The number of ether oxygens (including phenoxy) is 1. The molecule has 1 heterocycles. The van der Waals surface area contributed by atoms with Crippen LogP contribution in [0.4, 0.5) is 4.39 Å². The van der Waals surface area contributed by atoms with E-state index >= 15 is 0 Å². The molecule has 0 unspecified atom stereocenters. The zero-order valence-electron chi connectivity index (χ0n) is 9.03. The van der Waals surface area contributed by atoms with Gasteiger partial charge in [0.05, 0.1) is 12.7 Å². The van der Waals surface area contributed by atoms with Crippen LogP contribution in [-0.2, 0) is 4.74 Å². The summed E-state index contributed by atoms with van der Waals surface area (Å²) in [5.74, 6) is -0.207. The second-order valence-electron chi connectivity index (χ2n) is 4.17. The van der Waals surface area contributed by atoms with E-state index in [0.717, 1.165) is 5.56 Å². The summed E-state index contributed by atoms with van der Waals surface area (Å²) in [6.07, 6.45) is -0.0445. The Morgan fingerprint density at radius 1 is 1.40 bits per heavy atom. The van der Waals surface area contributed by atoms with Gasteiger partial charge in [-0.1, -0.05) is 12.1 Å². The van der Waals surface area contributed by atoms with Gasteiger partial charge in [-0.05, 0) is 31.5 Å². The van der Waals surface area contributed by atoms with Crippen molar-refractivity contribution < 1.29 is 9.13 Å². The molecule has 0 aromatic heterocycles. The largest absolute Gasteiger partial charge is 0.370 e. The van der Waals surface area contributed by atoms with Gasteiger partial charge < -0.3 is 10.1 Å². The molecule has 0 saturated carbocycles. The Morgan fingerprint density at radius 2 is 2.20 bits per heavy atom. The van der Waals surface area contributed by atoms with E-state index in [4.69, 9.17) is 4.74 Å². The Kier molecular flexibility index (Phi) is 3.03. The molecule has 2 rings (SSSR count). The standard InChI is InChI=1S/C12H16FNO/c1-8-7-15-12(9(2)14-8)10-4-3-5-11(13)6-10/h3-6,8-9,12,14H,7H2,1-2H3/t8-,9+,12+/m1/s1. The van der Waals surface area contributed by atoms with E-state index in [0.29, 0.717) is 12.6 Å². The second-order valence-corrected chi connectivity index (χ2v) is 4.17. The van der Waals surface area contributed by atoms with Crippen LogP contribution in [-0.4, -0.2) is 18.7 Å². The lowest BCUT2D eigenvalue weighted by molar-refractivity contribution is -0.0208. The van der Waals surface area contributed by atoms with Gasteiger partial charge in [-0.2, -0.15) is 0 Å². The van der Waals surface area contributed by atoms with Crippen LogP contribution in [0.2, 0.25) is 0 Å². The molecule has 82 valence electrons. The van der Waals surface area contributed by atoms with Crippen LogP contribution >= 0.6 is 0 Å². The summed E-state index contributed by atoms with van der Waals surface area (Å²) in [7, 11) is 0. The van der Waals surface area contributed by atoms with Gasteiger partial charge in [-0.3, -0.25) is 0 Å². The first-order valence-corrected chi connectivity index (χ1v) is 5.30. The minimum Gasteiger partial charge on any atom is -0.370 e. The Hall–Kier alpha value is -0.930. The molecule has 0 radical (unpaired) electrons. The van der Waals surface area contributed by atoms with E-state index in [9.17, 15) is 4.39 Å². The first-order valence-electron chi connectivity index (χ1n) is 5.30. The Labute approximate surface area is 89.4 Å². The third-order valence-electron chi connectivity index (χ3n) is 2.70. The highest BCUT2D eigenvalue weighted by Gasteiger charge is 2.26. The summed E-state index contributed by atoms with van der Waals surface area (Å²) in [5, 5.41) is 3.40.